The van der Waals surface area contributed by atoms with E-state index in [1.54, 1.807) is 13.3 Å². The number of rotatable bonds is 8. The van der Waals surface area contributed by atoms with E-state index in [1.165, 1.54) is 5.56 Å². The van der Waals surface area contributed by atoms with Gasteiger partial charge in [-0.25, -0.2) is 0 Å². The summed E-state index contributed by atoms with van der Waals surface area (Å²) < 4.78 is 5.15. The van der Waals surface area contributed by atoms with Crippen LogP contribution in [0.1, 0.15) is 36.8 Å². The SMILES string of the molecule is COc1ccc(C(C)CC(=O)NCCCc2cccnc2)cc1. The van der Waals surface area contributed by atoms with Crippen LogP contribution in [-0.4, -0.2) is 24.5 Å². The standard InChI is InChI=1S/C19H24N2O2/c1-15(17-7-9-18(23-2)10-8-17)13-19(22)21-12-4-6-16-5-3-11-20-14-16/h3,5,7-11,14-15H,4,6,12-13H2,1-2H3,(H,21,22). The molecule has 0 saturated heterocycles. The molecule has 4 nitrogen and oxygen atoms in total. The van der Waals surface area contributed by atoms with E-state index in [4.69, 9.17) is 4.74 Å². The van der Waals surface area contributed by atoms with Gasteiger partial charge >= 0.3 is 0 Å². The van der Waals surface area contributed by atoms with Gasteiger partial charge in [-0.1, -0.05) is 25.1 Å². The highest BCUT2D eigenvalue weighted by atomic mass is 16.5. The van der Waals surface area contributed by atoms with Crippen molar-refractivity contribution in [1.82, 2.24) is 10.3 Å². The number of nitrogens with one attached hydrogen (secondary N) is 1. The van der Waals surface area contributed by atoms with Gasteiger partial charge in [-0.15, -0.1) is 0 Å². The molecule has 0 aliphatic rings. The first-order chi connectivity index (χ1) is 11.2. The second kappa shape index (κ2) is 8.93. The Labute approximate surface area is 137 Å². The second-order valence-electron chi connectivity index (χ2n) is 5.69. The van der Waals surface area contributed by atoms with Crippen molar-refractivity contribution in [1.29, 1.82) is 0 Å². The lowest BCUT2D eigenvalue weighted by Gasteiger charge is -2.12. The fourth-order valence-electron chi connectivity index (χ4n) is 2.47. The summed E-state index contributed by atoms with van der Waals surface area (Å²) in [4.78, 5) is 16.1. The van der Waals surface area contributed by atoms with E-state index < -0.39 is 0 Å². The Bertz CT molecular complexity index is 597. The van der Waals surface area contributed by atoms with Gasteiger partial charge in [0, 0.05) is 25.4 Å². The topological polar surface area (TPSA) is 51.2 Å². The Morgan fingerprint density at radius 2 is 2.04 bits per heavy atom. The lowest BCUT2D eigenvalue weighted by molar-refractivity contribution is -0.121. The zero-order chi connectivity index (χ0) is 16.5. The molecule has 122 valence electrons. The zero-order valence-electron chi connectivity index (χ0n) is 13.8. The van der Waals surface area contributed by atoms with Crippen LogP contribution in [0.15, 0.2) is 48.8 Å². The normalized spacial score (nSPS) is 11.7. The molecule has 1 atom stereocenters. The lowest BCUT2D eigenvalue weighted by Crippen LogP contribution is -2.25. The van der Waals surface area contributed by atoms with E-state index in [2.05, 4.69) is 23.3 Å². The molecule has 1 unspecified atom stereocenters. The fraction of sp³-hybridized carbons (Fsp3) is 0.368. The van der Waals surface area contributed by atoms with Crippen LogP contribution in [0.25, 0.3) is 0 Å². The molecule has 1 amide bonds. The van der Waals surface area contributed by atoms with E-state index in [1.807, 2.05) is 36.5 Å². The molecule has 4 heteroatoms. The Kier molecular flexibility index (Phi) is 6.60. The highest BCUT2D eigenvalue weighted by molar-refractivity contribution is 5.76. The van der Waals surface area contributed by atoms with Crippen molar-refractivity contribution in [3.63, 3.8) is 0 Å². The Balaban J connectivity index is 1.69. The van der Waals surface area contributed by atoms with Crippen LogP contribution in [0.5, 0.6) is 5.75 Å². The molecule has 0 bridgehead atoms. The van der Waals surface area contributed by atoms with E-state index in [9.17, 15) is 4.79 Å². The number of hydrogen-bond acceptors (Lipinski definition) is 3. The van der Waals surface area contributed by atoms with Crippen LogP contribution in [0.3, 0.4) is 0 Å². The number of methoxy groups -OCH3 is 1. The molecule has 2 rings (SSSR count). The summed E-state index contributed by atoms with van der Waals surface area (Å²) in [5.74, 6) is 1.12. The molecule has 23 heavy (non-hydrogen) atoms. The predicted octanol–water partition coefficient (Wildman–Crippen LogP) is 3.33. The Morgan fingerprint density at radius 1 is 1.26 bits per heavy atom. The average molecular weight is 312 g/mol. The molecule has 0 aliphatic carbocycles. The Morgan fingerprint density at radius 3 is 2.70 bits per heavy atom. The summed E-state index contributed by atoms with van der Waals surface area (Å²) in [5, 5.41) is 2.99. The van der Waals surface area contributed by atoms with Gasteiger partial charge in [0.15, 0.2) is 0 Å². The number of ether oxygens (including phenoxy) is 1. The number of aromatic nitrogens is 1. The van der Waals surface area contributed by atoms with Crippen LogP contribution in [0.2, 0.25) is 0 Å². The quantitative estimate of drug-likeness (QED) is 0.761. The number of carbonyl (C=O) groups is 1. The minimum atomic E-state index is 0.0968. The molecule has 1 N–H and O–H groups in total. The van der Waals surface area contributed by atoms with Crippen molar-refractivity contribution < 1.29 is 9.53 Å². The van der Waals surface area contributed by atoms with Gasteiger partial charge in [0.2, 0.25) is 5.91 Å². The number of hydrogen-bond donors (Lipinski definition) is 1. The molecule has 0 saturated carbocycles. The van der Waals surface area contributed by atoms with Gasteiger partial charge in [-0.05, 0) is 48.1 Å². The minimum absolute atomic E-state index is 0.0968. The molecular formula is C19H24N2O2. The summed E-state index contributed by atoms with van der Waals surface area (Å²) in [5.41, 5.74) is 2.35. The lowest BCUT2D eigenvalue weighted by atomic mass is 9.97. The van der Waals surface area contributed by atoms with Crippen molar-refractivity contribution >= 4 is 5.91 Å². The third kappa shape index (κ3) is 5.74. The van der Waals surface area contributed by atoms with E-state index in [0.717, 1.165) is 24.2 Å². The number of nitrogens with zero attached hydrogens (tertiary/aromatic N) is 1. The van der Waals surface area contributed by atoms with E-state index in [0.29, 0.717) is 13.0 Å². The minimum Gasteiger partial charge on any atom is -0.497 e. The molecule has 0 spiro atoms. The average Bonchev–Trinajstić information content (AvgIpc) is 2.59. The van der Waals surface area contributed by atoms with Crippen LogP contribution in [-0.2, 0) is 11.2 Å². The van der Waals surface area contributed by atoms with Crippen molar-refractivity contribution in [3.8, 4) is 5.75 Å². The van der Waals surface area contributed by atoms with Gasteiger partial charge < -0.3 is 10.1 Å². The van der Waals surface area contributed by atoms with Crippen molar-refractivity contribution in [2.75, 3.05) is 13.7 Å². The molecule has 0 fully saturated rings. The number of amides is 1. The smallest absolute Gasteiger partial charge is 0.220 e. The summed E-state index contributed by atoms with van der Waals surface area (Å²) in [6, 6.07) is 11.9. The highest BCUT2D eigenvalue weighted by Crippen LogP contribution is 2.21. The van der Waals surface area contributed by atoms with Crippen molar-refractivity contribution in [3.05, 3.63) is 59.9 Å². The van der Waals surface area contributed by atoms with E-state index >= 15 is 0 Å². The Hall–Kier alpha value is -2.36. The van der Waals surface area contributed by atoms with Crippen molar-refractivity contribution in [2.24, 2.45) is 0 Å². The largest absolute Gasteiger partial charge is 0.497 e. The highest BCUT2D eigenvalue weighted by Gasteiger charge is 2.11. The molecule has 1 aromatic carbocycles. The molecule has 0 radical (unpaired) electrons. The summed E-state index contributed by atoms with van der Waals surface area (Å²) in [6.07, 6.45) is 6.00. The fourth-order valence-corrected chi connectivity index (χ4v) is 2.47. The van der Waals surface area contributed by atoms with Gasteiger partial charge in [-0.2, -0.15) is 0 Å². The third-order valence-electron chi connectivity index (χ3n) is 3.86. The van der Waals surface area contributed by atoms with Gasteiger partial charge in [0.1, 0.15) is 5.75 Å². The van der Waals surface area contributed by atoms with Crippen LogP contribution in [0, 0.1) is 0 Å². The first-order valence-electron chi connectivity index (χ1n) is 7.98. The maximum atomic E-state index is 12.0. The van der Waals surface area contributed by atoms with Gasteiger partial charge in [0.05, 0.1) is 7.11 Å². The van der Waals surface area contributed by atoms with Crippen molar-refractivity contribution in [2.45, 2.75) is 32.1 Å². The summed E-state index contributed by atoms with van der Waals surface area (Å²) >= 11 is 0. The number of pyridine rings is 1. The first-order valence-corrected chi connectivity index (χ1v) is 7.98. The summed E-state index contributed by atoms with van der Waals surface area (Å²) in [6.45, 7) is 2.76. The zero-order valence-corrected chi connectivity index (χ0v) is 13.8. The number of benzene rings is 1. The van der Waals surface area contributed by atoms with Gasteiger partial charge in [-0.3, -0.25) is 9.78 Å². The maximum absolute atomic E-state index is 12.0. The predicted molar refractivity (Wildman–Crippen MR) is 91.6 cm³/mol. The maximum Gasteiger partial charge on any atom is 0.220 e. The van der Waals surface area contributed by atoms with Gasteiger partial charge in [0.25, 0.3) is 0 Å². The first kappa shape index (κ1) is 17.0. The molecule has 1 aromatic heterocycles. The second-order valence-corrected chi connectivity index (χ2v) is 5.69. The third-order valence-corrected chi connectivity index (χ3v) is 3.86. The van der Waals surface area contributed by atoms with Crippen LogP contribution >= 0.6 is 0 Å². The monoisotopic (exact) mass is 312 g/mol. The molecule has 2 aromatic rings. The number of aryl methyl sites for hydroxylation is 1. The summed E-state index contributed by atoms with van der Waals surface area (Å²) in [7, 11) is 1.65. The molecule has 0 aliphatic heterocycles. The van der Waals surface area contributed by atoms with Crippen LogP contribution < -0.4 is 10.1 Å². The molecule has 1 heterocycles. The number of carbonyl (C=O) groups excluding carboxylic acids is 1. The van der Waals surface area contributed by atoms with Crippen LogP contribution in [0.4, 0.5) is 0 Å². The van der Waals surface area contributed by atoms with E-state index in [-0.39, 0.29) is 11.8 Å². The molecular weight excluding hydrogens is 288 g/mol.